The van der Waals surface area contributed by atoms with Gasteiger partial charge in [0.25, 0.3) is 0 Å². The SMILES string of the molecule is CCC(N)c1cc2c(cc1F)CC(CCCB(O)O)C2C(=O)O. The highest BCUT2D eigenvalue weighted by Crippen LogP contribution is 2.42. The van der Waals surface area contributed by atoms with E-state index in [0.717, 1.165) is 5.56 Å². The fourth-order valence-corrected chi connectivity index (χ4v) is 3.44. The molecule has 0 saturated heterocycles. The molecule has 1 aromatic rings. The van der Waals surface area contributed by atoms with Gasteiger partial charge in [-0.15, -0.1) is 0 Å². The maximum Gasteiger partial charge on any atom is 0.451 e. The molecule has 23 heavy (non-hydrogen) atoms. The second kappa shape index (κ2) is 7.42. The van der Waals surface area contributed by atoms with Crippen LogP contribution in [0.2, 0.25) is 6.32 Å². The first-order valence-electron chi connectivity index (χ1n) is 8.01. The summed E-state index contributed by atoms with van der Waals surface area (Å²) < 4.78 is 14.2. The van der Waals surface area contributed by atoms with Gasteiger partial charge in [0.15, 0.2) is 0 Å². The number of rotatable bonds is 7. The van der Waals surface area contributed by atoms with Crippen molar-refractivity contribution in [3.05, 3.63) is 34.6 Å². The van der Waals surface area contributed by atoms with Crippen LogP contribution >= 0.6 is 0 Å². The minimum atomic E-state index is -1.38. The summed E-state index contributed by atoms with van der Waals surface area (Å²) >= 11 is 0. The van der Waals surface area contributed by atoms with E-state index in [2.05, 4.69) is 0 Å². The highest BCUT2D eigenvalue weighted by molar-refractivity contribution is 6.40. The van der Waals surface area contributed by atoms with Crippen LogP contribution in [-0.2, 0) is 11.2 Å². The number of carboxylic acids is 1. The zero-order valence-electron chi connectivity index (χ0n) is 13.2. The Hall–Kier alpha value is -1.44. The van der Waals surface area contributed by atoms with Crippen LogP contribution in [0.1, 0.15) is 54.8 Å². The van der Waals surface area contributed by atoms with Crippen molar-refractivity contribution in [1.82, 2.24) is 0 Å². The molecule has 0 fully saturated rings. The predicted octanol–water partition coefficient (Wildman–Crippen LogP) is 1.83. The molecule has 0 aliphatic heterocycles. The standard InChI is InChI=1S/C16H23BFNO4/c1-2-14(19)12-8-11-10(7-13(12)18)6-9(15(11)16(20)21)4-3-5-17(22)23/h7-9,14-15,22-23H,2-6,19H2,1H3,(H,20,21). The highest BCUT2D eigenvalue weighted by atomic mass is 19.1. The van der Waals surface area contributed by atoms with Crippen molar-refractivity contribution in [2.75, 3.05) is 0 Å². The first kappa shape index (κ1) is 17.9. The van der Waals surface area contributed by atoms with Crippen LogP contribution in [0, 0.1) is 11.7 Å². The van der Waals surface area contributed by atoms with E-state index < -0.39 is 25.0 Å². The van der Waals surface area contributed by atoms with Crippen LogP contribution < -0.4 is 5.73 Å². The molecule has 0 aromatic heterocycles. The molecule has 5 nitrogen and oxygen atoms in total. The third-order valence-corrected chi connectivity index (χ3v) is 4.69. The molecule has 3 unspecified atom stereocenters. The number of nitrogens with two attached hydrogens (primary N) is 1. The van der Waals surface area contributed by atoms with Gasteiger partial charge in [-0.2, -0.15) is 0 Å². The topological polar surface area (TPSA) is 104 Å². The van der Waals surface area contributed by atoms with E-state index >= 15 is 0 Å². The number of halogens is 1. The molecule has 126 valence electrons. The predicted molar refractivity (Wildman–Crippen MR) is 85.4 cm³/mol. The zero-order valence-corrected chi connectivity index (χ0v) is 13.2. The largest absolute Gasteiger partial charge is 0.481 e. The van der Waals surface area contributed by atoms with Crippen LogP contribution in [-0.4, -0.2) is 28.2 Å². The lowest BCUT2D eigenvalue weighted by atomic mass is 9.80. The van der Waals surface area contributed by atoms with Crippen molar-refractivity contribution >= 4 is 13.1 Å². The van der Waals surface area contributed by atoms with Gasteiger partial charge >= 0.3 is 13.1 Å². The van der Waals surface area contributed by atoms with Crippen molar-refractivity contribution in [1.29, 1.82) is 0 Å². The van der Waals surface area contributed by atoms with Gasteiger partial charge in [0.1, 0.15) is 5.82 Å². The van der Waals surface area contributed by atoms with Crippen molar-refractivity contribution in [3.63, 3.8) is 0 Å². The van der Waals surface area contributed by atoms with Crippen LogP contribution in [0.3, 0.4) is 0 Å². The van der Waals surface area contributed by atoms with Crippen molar-refractivity contribution in [3.8, 4) is 0 Å². The molecular formula is C16H23BFNO4. The quantitative estimate of drug-likeness (QED) is 0.573. The van der Waals surface area contributed by atoms with E-state index in [0.29, 0.717) is 36.8 Å². The summed E-state index contributed by atoms with van der Waals surface area (Å²) in [6, 6.07) is 2.58. The molecule has 3 atom stereocenters. The lowest BCUT2D eigenvalue weighted by Crippen LogP contribution is -2.19. The molecule has 7 heteroatoms. The smallest absolute Gasteiger partial charge is 0.451 e. The number of fused-ring (bicyclic) bond motifs is 1. The summed E-state index contributed by atoms with van der Waals surface area (Å²) in [4.78, 5) is 11.7. The summed E-state index contributed by atoms with van der Waals surface area (Å²) in [5, 5.41) is 27.4. The third-order valence-electron chi connectivity index (χ3n) is 4.69. The monoisotopic (exact) mass is 323 g/mol. The third kappa shape index (κ3) is 3.91. The average molecular weight is 323 g/mol. The Morgan fingerprint density at radius 3 is 2.74 bits per heavy atom. The van der Waals surface area contributed by atoms with Gasteiger partial charge in [-0.3, -0.25) is 4.79 Å². The summed E-state index contributed by atoms with van der Waals surface area (Å²) in [5.41, 5.74) is 7.65. The fourth-order valence-electron chi connectivity index (χ4n) is 3.44. The van der Waals surface area contributed by atoms with Crippen LogP contribution in [0.5, 0.6) is 0 Å². The second-order valence-electron chi connectivity index (χ2n) is 6.28. The zero-order chi connectivity index (χ0) is 17.1. The Balaban J connectivity index is 2.27. The van der Waals surface area contributed by atoms with E-state index in [9.17, 15) is 14.3 Å². The highest BCUT2D eigenvalue weighted by Gasteiger charge is 2.38. The fraction of sp³-hybridized carbons (Fsp3) is 0.562. The Labute approximate surface area is 135 Å². The Morgan fingerprint density at radius 2 is 2.17 bits per heavy atom. The first-order valence-corrected chi connectivity index (χ1v) is 8.01. The van der Waals surface area contributed by atoms with Gasteiger partial charge in [-0.25, -0.2) is 4.39 Å². The Morgan fingerprint density at radius 1 is 1.48 bits per heavy atom. The van der Waals surface area contributed by atoms with Gasteiger partial charge in [0.2, 0.25) is 0 Å². The van der Waals surface area contributed by atoms with Gasteiger partial charge in [0, 0.05) is 11.6 Å². The van der Waals surface area contributed by atoms with Gasteiger partial charge < -0.3 is 20.9 Å². The molecule has 0 radical (unpaired) electrons. The Bertz CT molecular complexity index is 581. The van der Waals surface area contributed by atoms with E-state index in [4.69, 9.17) is 15.8 Å². The van der Waals surface area contributed by atoms with Crippen LogP contribution in [0.15, 0.2) is 12.1 Å². The van der Waals surface area contributed by atoms with E-state index in [1.807, 2.05) is 6.92 Å². The molecule has 0 saturated carbocycles. The normalized spacial score (nSPS) is 21.1. The summed E-state index contributed by atoms with van der Waals surface area (Å²) in [6.07, 6.45) is 2.35. The van der Waals surface area contributed by atoms with Gasteiger partial charge in [0.05, 0.1) is 5.92 Å². The van der Waals surface area contributed by atoms with Crippen LogP contribution in [0.25, 0.3) is 0 Å². The molecule has 1 aromatic carbocycles. The van der Waals surface area contributed by atoms with Crippen molar-refractivity contribution in [2.45, 2.75) is 50.9 Å². The maximum absolute atomic E-state index is 14.2. The maximum atomic E-state index is 14.2. The molecule has 0 spiro atoms. The average Bonchev–Trinajstić information content (AvgIpc) is 2.82. The molecule has 0 amide bonds. The van der Waals surface area contributed by atoms with Gasteiger partial charge in [-0.05, 0) is 48.7 Å². The molecule has 1 aliphatic rings. The summed E-state index contributed by atoms with van der Waals surface area (Å²) in [6.45, 7) is 1.86. The number of carbonyl (C=O) groups is 1. The van der Waals surface area contributed by atoms with Crippen LogP contribution in [0.4, 0.5) is 4.39 Å². The minimum Gasteiger partial charge on any atom is -0.481 e. The van der Waals surface area contributed by atoms with E-state index in [-0.39, 0.29) is 18.1 Å². The molecule has 2 rings (SSSR count). The molecule has 0 bridgehead atoms. The van der Waals surface area contributed by atoms with Gasteiger partial charge in [-0.1, -0.05) is 19.4 Å². The molecule has 1 aliphatic carbocycles. The van der Waals surface area contributed by atoms with E-state index in [1.54, 1.807) is 6.07 Å². The number of hydrogen-bond donors (Lipinski definition) is 4. The minimum absolute atomic E-state index is 0.159. The van der Waals surface area contributed by atoms with E-state index in [1.165, 1.54) is 6.07 Å². The number of benzene rings is 1. The lowest BCUT2D eigenvalue weighted by Gasteiger charge is -2.17. The number of carboxylic acid groups (broad SMARTS) is 1. The van der Waals surface area contributed by atoms with Crippen molar-refractivity contribution in [2.24, 2.45) is 11.7 Å². The number of hydrogen-bond acceptors (Lipinski definition) is 4. The van der Waals surface area contributed by atoms with Crippen molar-refractivity contribution < 1.29 is 24.3 Å². The molecular weight excluding hydrogens is 300 g/mol. The summed E-state index contributed by atoms with van der Waals surface area (Å²) in [7, 11) is -1.38. The molecule has 0 heterocycles. The Kier molecular flexibility index (Phi) is 5.78. The number of aliphatic carboxylic acids is 1. The summed E-state index contributed by atoms with van der Waals surface area (Å²) in [5.74, 6) is -2.16. The molecule has 5 N–H and O–H groups in total. The second-order valence-corrected chi connectivity index (χ2v) is 6.28. The first-order chi connectivity index (χ1) is 10.8. The lowest BCUT2D eigenvalue weighted by molar-refractivity contribution is -0.139.